The Morgan fingerprint density at radius 2 is 2.00 bits per heavy atom. The first kappa shape index (κ1) is 15.7. The number of benzene rings is 2. The van der Waals surface area contributed by atoms with Gasteiger partial charge in [-0.1, -0.05) is 34.1 Å². The van der Waals surface area contributed by atoms with Gasteiger partial charge in [0, 0.05) is 13.7 Å². The Morgan fingerprint density at radius 3 is 2.67 bits per heavy atom. The van der Waals surface area contributed by atoms with E-state index in [2.05, 4.69) is 43.8 Å². The van der Waals surface area contributed by atoms with Crippen LogP contribution in [0.25, 0.3) is 6.08 Å². The highest BCUT2D eigenvalue weighted by atomic mass is 127. The van der Waals surface area contributed by atoms with Crippen molar-refractivity contribution in [3.8, 4) is 6.07 Å². The van der Waals surface area contributed by atoms with Crippen molar-refractivity contribution >= 4 is 56.2 Å². The van der Waals surface area contributed by atoms with Crippen LogP contribution >= 0.6 is 38.5 Å². The average molecular weight is 453 g/mol. The van der Waals surface area contributed by atoms with E-state index in [0.29, 0.717) is 5.69 Å². The van der Waals surface area contributed by atoms with Gasteiger partial charge in [-0.3, -0.25) is 4.79 Å². The molecule has 0 aliphatic carbocycles. The molecule has 0 saturated carbocycles. The van der Waals surface area contributed by atoms with Gasteiger partial charge in [-0.05, 0) is 64.6 Å². The van der Waals surface area contributed by atoms with E-state index < -0.39 is 5.91 Å². The van der Waals surface area contributed by atoms with Crippen molar-refractivity contribution in [1.82, 2.24) is 0 Å². The predicted octanol–water partition coefficient (Wildman–Crippen LogP) is 4.60. The monoisotopic (exact) mass is 452 g/mol. The zero-order chi connectivity index (χ0) is 15.2. The third kappa shape index (κ3) is 4.69. The van der Waals surface area contributed by atoms with Crippen LogP contribution in [0.3, 0.4) is 0 Å². The molecule has 0 atom stereocenters. The molecular weight excluding hydrogens is 443 g/mol. The maximum atomic E-state index is 12.1. The van der Waals surface area contributed by atoms with Crippen LogP contribution in [0.15, 0.2) is 58.6 Å². The average Bonchev–Trinajstić information content (AvgIpc) is 2.44. The van der Waals surface area contributed by atoms with Gasteiger partial charge in [0.15, 0.2) is 0 Å². The van der Waals surface area contributed by atoms with Crippen LogP contribution in [0.1, 0.15) is 5.56 Å². The maximum absolute atomic E-state index is 12.1. The SMILES string of the molecule is N#C/C(=C\c1cccc(Br)c1)C(=O)Nc1cccc(I)c1. The van der Waals surface area contributed by atoms with Crippen molar-refractivity contribution in [1.29, 1.82) is 5.26 Å². The number of halogens is 2. The van der Waals surface area contributed by atoms with E-state index >= 15 is 0 Å². The molecule has 104 valence electrons. The molecule has 0 heterocycles. The van der Waals surface area contributed by atoms with E-state index in [4.69, 9.17) is 5.26 Å². The fourth-order valence-corrected chi connectivity index (χ4v) is 2.64. The Balaban J connectivity index is 2.21. The summed E-state index contributed by atoms with van der Waals surface area (Å²) in [6.07, 6.45) is 1.56. The van der Waals surface area contributed by atoms with Crippen molar-refractivity contribution in [3.63, 3.8) is 0 Å². The van der Waals surface area contributed by atoms with Crippen LogP contribution in [0.4, 0.5) is 5.69 Å². The van der Waals surface area contributed by atoms with Crippen molar-refractivity contribution in [2.75, 3.05) is 5.32 Å². The second-order valence-corrected chi connectivity index (χ2v) is 6.35. The van der Waals surface area contributed by atoms with Crippen LogP contribution in [-0.2, 0) is 4.79 Å². The molecule has 1 amide bonds. The first-order valence-electron chi connectivity index (χ1n) is 6.03. The first-order valence-corrected chi connectivity index (χ1v) is 7.90. The second kappa shape index (κ2) is 7.38. The molecule has 0 spiro atoms. The molecule has 2 aromatic carbocycles. The minimum absolute atomic E-state index is 0.0620. The highest BCUT2D eigenvalue weighted by Crippen LogP contribution is 2.16. The molecule has 2 rings (SSSR count). The van der Waals surface area contributed by atoms with Gasteiger partial charge < -0.3 is 5.32 Å². The summed E-state index contributed by atoms with van der Waals surface area (Å²) in [6.45, 7) is 0. The molecule has 0 saturated heterocycles. The summed E-state index contributed by atoms with van der Waals surface area (Å²) in [5.74, 6) is -0.417. The number of hydrogen-bond acceptors (Lipinski definition) is 2. The Kier molecular flexibility index (Phi) is 5.53. The summed E-state index contributed by atoms with van der Waals surface area (Å²) in [5, 5.41) is 11.9. The molecule has 0 aromatic heterocycles. The molecule has 5 heteroatoms. The Hall–Kier alpha value is -1.65. The quantitative estimate of drug-likeness (QED) is 0.420. The Bertz CT molecular complexity index is 750. The number of anilines is 1. The third-order valence-corrected chi connectivity index (χ3v) is 3.77. The third-order valence-electron chi connectivity index (χ3n) is 2.61. The zero-order valence-corrected chi connectivity index (χ0v) is 14.6. The number of hydrogen-bond donors (Lipinski definition) is 1. The molecule has 0 fully saturated rings. The van der Waals surface area contributed by atoms with E-state index in [1.54, 1.807) is 12.1 Å². The number of nitrogens with zero attached hydrogens (tertiary/aromatic N) is 1. The molecule has 1 N–H and O–H groups in total. The van der Waals surface area contributed by atoms with Gasteiger partial charge in [-0.2, -0.15) is 5.26 Å². The van der Waals surface area contributed by atoms with Crippen molar-refractivity contribution in [2.45, 2.75) is 0 Å². The summed E-state index contributed by atoms with van der Waals surface area (Å²) in [6, 6.07) is 16.8. The van der Waals surface area contributed by atoms with Crippen LogP contribution in [0.5, 0.6) is 0 Å². The molecule has 2 aromatic rings. The van der Waals surface area contributed by atoms with E-state index in [1.165, 1.54) is 0 Å². The lowest BCUT2D eigenvalue weighted by atomic mass is 10.1. The van der Waals surface area contributed by atoms with Gasteiger partial charge in [0.1, 0.15) is 11.6 Å². The van der Waals surface area contributed by atoms with Gasteiger partial charge in [-0.15, -0.1) is 0 Å². The van der Waals surface area contributed by atoms with Gasteiger partial charge >= 0.3 is 0 Å². The normalized spacial score (nSPS) is 10.8. The lowest BCUT2D eigenvalue weighted by Gasteiger charge is -2.04. The number of carbonyl (C=O) groups excluding carboxylic acids is 1. The lowest BCUT2D eigenvalue weighted by Crippen LogP contribution is -2.13. The van der Waals surface area contributed by atoms with Crippen LogP contribution in [0, 0.1) is 14.9 Å². The smallest absolute Gasteiger partial charge is 0.266 e. The zero-order valence-electron chi connectivity index (χ0n) is 10.8. The summed E-state index contributed by atoms with van der Waals surface area (Å²) in [7, 11) is 0. The lowest BCUT2D eigenvalue weighted by molar-refractivity contribution is -0.112. The molecule has 0 unspecified atom stereocenters. The van der Waals surface area contributed by atoms with Crippen molar-refractivity contribution < 1.29 is 4.79 Å². The minimum atomic E-state index is -0.417. The fourth-order valence-electron chi connectivity index (χ4n) is 1.68. The Morgan fingerprint density at radius 1 is 1.24 bits per heavy atom. The van der Waals surface area contributed by atoms with Gasteiger partial charge in [-0.25, -0.2) is 0 Å². The van der Waals surface area contributed by atoms with Crippen LogP contribution in [0.2, 0.25) is 0 Å². The summed E-state index contributed by atoms with van der Waals surface area (Å²) in [5.41, 5.74) is 1.52. The summed E-state index contributed by atoms with van der Waals surface area (Å²) >= 11 is 5.52. The summed E-state index contributed by atoms with van der Waals surface area (Å²) in [4.78, 5) is 12.1. The molecule has 0 radical (unpaired) electrons. The molecule has 0 aliphatic heterocycles. The second-order valence-electron chi connectivity index (χ2n) is 4.19. The summed E-state index contributed by atoms with van der Waals surface area (Å²) < 4.78 is 1.91. The van der Waals surface area contributed by atoms with Crippen molar-refractivity contribution in [3.05, 3.63) is 67.7 Å². The first-order chi connectivity index (χ1) is 10.1. The van der Waals surface area contributed by atoms with Crippen LogP contribution in [-0.4, -0.2) is 5.91 Å². The predicted molar refractivity (Wildman–Crippen MR) is 95.5 cm³/mol. The minimum Gasteiger partial charge on any atom is -0.321 e. The number of amides is 1. The number of rotatable bonds is 3. The van der Waals surface area contributed by atoms with Crippen LogP contribution < -0.4 is 5.32 Å². The molecule has 3 nitrogen and oxygen atoms in total. The Labute approximate surface area is 144 Å². The molecule has 0 aliphatic rings. The van der Waals surface area contributed by atoms with E-state index in [-0.39, 0.29) is 5.57 Å². The van der Waals surface area contributed by atoms with E-state index in [1.807, 2.05) is 48.5 Å². The highest BCUT2D eigenvalue weighted by molar-refractivity contribution is 14.1. The van der Waals surface area contributed by atoms with E-state index in [9.17, 15) is 4.79 Å². The standard InChI is InChI=1S/C16H10BrIN2O/c17-13-4-1-3-11(8-13)7-12(10-19)16(21)20-15-6-2-5-14(18)9-15/h1-9H,(H,20,21)/b12-7+. The van der Waals surface area contributed by atoms with Crippen molar-refractivity contribution in [2.24, 2.45) is 0 Å². The molecule has 21 heavy (non-hydrogen) atoms. The van der Waals surface area contributed by atoms with E-state index in [0.717, 1.165) is 13.6 Å². The topological polar surface area (TPSA) is 52.9 Å². The maximum Gasteiger partial charge on any atom is 0.266 e. The molecule has 0 bridgehead atoms. The van der Waals surface area contributed by atoms with Gasteiger partial charge in [0.2, 0.25) is 0 Å². The fraction of sp³-hybridized carbons (Fsp3) is 0. The van der Waals surface area contributed by atoms with Gasteiger partial charge in [0.05, 0.1) is 0 Å². The number of carbonyl (C=O) groups is 1. The largest absolute Gasteiger partial charge is 0.321 e. The number of nitriles is 1. The number of nitrogens with one attached hydrogen (secondary N) is 1. The molecular formula is C16H10BrIN2O. The van der Waals surface area contributed by atoms with Gasteiger partial charge in [0.25, 0.3) is 5.91 Å². The highest BCUT2D eigenvalue weighted by Gasteiger charge is 2.09.